The Kier molecular flexibility index (Phi) is 5.25. The molecule has 2 N–H and O–H groups in total. The number of rotatable bonds is 4. The minimum absolute atomic E-state index is 0.133. The van der Waals surface area contributed by atoms with Gasteiger partial charge in [-0.1, -0.05) is 13.8 Å². The van der Waals surface area contributed by atoms with Crippen LogP contribution < -0.4 is 0 Å². The van der Waals surface area contributed by atoms with E-state index in [1.54, 1.807) is 0 Å². The molecule has 2 saturated carbocycles. The standard InChI is InChI=1S/C16H26O5/c1-9-7-11(3-5-13(9)15(17)18)21-12-4-6-14(16(19)20)10(2)8-12/h9-14H,3-8H2,1-2H3,(H,17,18)(H,19,20). The Morgan fingerprint density at radius 1 is 0.810 bits per heavy atom. The molecule has 0 aromatic heterocycles. The molecule has 0 bridgehead atoms. The number of carboxylic acid groups (broad SMARTS) is 2. The van der Waals surface area contributed by atoms with Gasteiger partial charge in [-0.2, -0.15) is 0 Å². The van der Waals surface area contributed by atoms with E-state index in [4.69, 9.17) is 14.9 Å². The zero-order valence-electron chi connectivity index (χ0n) is 12.8. The van der Waals surface area contributed by atoms with E-state index in [0.29, 0.717) is 12.8 Å². The summed E-state index contributed by atoms with van der Waals surface area (Å²) < 4.78 is 6.14. The number of ether oxygens (including phenoxy) is 1. The van der Waals surface area contributed by atoms with Crippen molar-refractivity contribution in [2.45, 2.75) is 64.6 Å². The number of aliphatic carboxylic acids is 2. The summed E-state index contributed by atoms with van der Waals surface area (Å²) in [6.07, 6.45) is 4.82. The third-order valence-corrected chi connectivity index (χ3v) is 5.26. The summed E-state index contributed by atoms with van der Waals surface area (Å²) in [5.41, 5.74) is 0. The molecule has 2 aliphatic carbocycles. The maximum absolute atomic E-state index is 11.1. The SMILES string of the molecule is CC1CC(OC2CCC(C(=O)O)C(C)C2)CCC1C(=O)O. The van der Waals surface area contributed by atoms with Gasteiger partial charge in [0.2, 0.25) is 0 Å². The van der Waals surface area contributed by atoms with E-state index in [9.17, 15) is 9.59 Å². The van der Waals surface area contributed by atoms with Crippen molar-refractivity contribution < 1.29 is 24.5 Å². The highest BCUT2D eigenvalue weighted by atomic mass is 16.5. The molecule has 0 aliphatic heterocycles. The summed E-state index contributed by atoms with van der Waals surface area (Å²) in [5, 5.41) is 18.3. The van der Waals surface area contributed by atoms with Crippen molar-refractivity contribution in [1.29, 1.82) is 0 Å². The zero-order valence-corrected chi connectivity index (χ0v) is 12.8. The molecule has 5 heteroatoms. The highest BCUT2D eigenvalue weighted by Crippen LogP contribution is 2.36. The molecule has 0 radical (unpaired) electrons. The fourth-order valence-corrected chi connectivity index (χ4v) is 3.95. The monoisotopic (exact) mass is 298 g/mol. The van der Waals surface area contributed by atoms with Crippen molar-refractivity contribution in [3.05, 3.63) is 0 Å². The summed E-state index contributed by atoms with van der Waals surface area (Å²) in [7, 11) is 0. The molecule has 2 fully saturated rings. The molecular formula is C16H26O5. The van der Waals surface area contributed by atoms with Crippen LogP contribution in [0.3, 0.4) is 0 Å². The maximum atomic E-state index is 11.1. The summed E-state index contributed by atoms with van der Waals surface area (Å²) in [6.45, 7) is 3.97. The predicted molar refractivity (Wildman–Crippen MR) is 76.9 cm³/mol. The van der Waals surface area contributed by atoms with Crippen LogP contribution in [0, 0.1) is 23.7 Å². The highest BCUT2D eigenvalue weighted by molar-refractivity contribution is 5.70. The Morgan fingerprint density at radius 3 is 1.48 bits per heavy atom. The predicted octanol–water partition coefficient (Wildman–Crippen LogP) is 2.78. The van der Waals surface area contributed by atoms with Gasteiger partial charge in [-0.3, -0.25) is 9.59 Å². The lowest BCUT2D eigenvalue weighted by Gasteiger charge is -2.37. The van der Waals surface area contributed by atoms with Crippen molar-refractivity contribution in [2.75, 3.05) is 0 Å². The van der Waals surface area contributed by atoms with E-state index in [-0.39, 0.29) is 35.9 Å². The van der Waals surface area contributed by atoms with Crippen LogP contribution in [0.2, 0.25) is 0 Å². The molecule has 6 unspecified atom stereocenters. The lowest BCUT2D eigenvalue weighted by atomic mass is 9.77. The smallest absolute Gasteiger partial charge is 0.306 e. The van der Waals surface area contributed by atoms with Gasteiger partial charge in [-0.25, -0.2) is 0 Å². The molecule has 2 rings (SSSR count). The molecule has 5 nitrogen and oxygen atoms in total. The Labute approximate surface area is 125 Å². The number of hydrogen-bond acceptors (Lipinski definition) is 3. The summed E-state index contributed by atoms with van der Waals surface area (Å²) in [5.74, 6) is -1.59. The molecule has 0 spiro atoms. The Balaban J connectivity index is 1.81. The van der Waals surface area contributed by atoms with Crippen LogP contribution in [0.1, 0.15) is 52.4 Å². The van der Waals surface area contributed by atoms with Crippen molar-refractivity contribution in [3.63, 3.8) is 0 Å². The fourth-order valence-electron chi connectivity index (χ4n) is 3.95. The minimum atomic E-state index is -0.698. The number of carboxylic acids is 2. The molecule has 2 aliphatic rings. The second-order valence-corrected chi connectivity index (χ2v) is 6.85. The van der Waals surface area contributed by atoms with Crippen LogP contribution in [0.5, 0.6) is 0 Å². The lowest BCUT2D eigenvalue weighted by Crippen LogP contribution is -2.38. The largest absolute Gasteiger partial charge is 0.481 e. The molecule has 0 saturated heterocycles. The van der Waals surface area contributed by atoms with E-state index >= 15 is 0 Å². The van der Waals surface area contributed by atoms with Crippen LogP contribution in [0.25, 0.3) is 0 Å². The van der Waals surface area contributed by atoms with E-state index < -0.39 is 11.9 Å². The van der Waals surface area contributed by atoms with Gasteiger partial charge in [0, 0.05) is 0 Å². The topological polar surface area (TPSA) is 83.8 Å². The average Bonchev–Trinajstić information content (AvgIpc) is 2.37. The fraction of sp³-hybridized carbons (Fsp3) is 0.875. The van der Waals surface area contributed by atoms with Gasteiger partial charge >= 0.3 is 11.9 Å². The van der Waals surface area contributed by atoms with Gasteiger partial charge in [-0.15, -0.1) is 0 Å². The first-order valence-corrected chi connectivity index (χ1v) is 7.99. The van der Waals surface area contributed by atoms with Crippen LogP contribution in [-0.2, 0) is 14.3 Å². The molecule has 21 heavy (non-hydrogen) atoms. The second-order valence-electron chi connectivity index (χ2n) is 6.85. The first kappa shape index (κ1) is 16.3. The molecule has 6 atom stereocenters. The van der Waals surface area contributed by atoms with Gasteiger partial charge in [0.1, 0.15) is 0 Å². The van der Waals surface area contributed by atoms with Crippen LogP contribution >= 0.6 is 0 Å². The van der Waals surface area contributed by atoms with Crippen molar-refractivity contribution in [1.82, 2.24) is 0 Å². The first-order chi connectivity index (χ1) is 9.88. The Bertz CT molecular complexity index is 358. The van der Waals surface area contributed by atoms with E-state index in [2.05, 4.69) is 0 Å². The van der Waals surface area contributed by atoms with E-state index in [1.807, 2.05) is 13.8 Å². The Morgan fingerprint density at radius 2 is 1.19 bits per heavy atom. The first-order valence-electron chi connectivity index (χ1n) is 7.99. The highest BCUT2D eigenvalue weighted by Gasteiger charge is 2.36. The second kappa shape index (κ2) is 6.77. The van der Waals surface area contributed by atoms with Crippen molar-refractivity contribution in [2.24, 2.45) is 23.7 Å². The minimum Gasteiger partial charge on any atom is -0.481 e. The van der Waals surface area contributed by atoms with Crippen molar-refractivity contribution in [3.8, 4) is 0 Å². The third kappa shape index (κ3) is 3.96. The number of hydrogen-bond donors (Lipinski definition) is 2. The average molecular weight is 298 g/mol. The van der Waals surface area contributed by atoms with Crippen LogP contribution in [0.15, 0.2) is 0 Å². The van der Waals surface area contributed by atoms with E-state index in [1.165, 1.54) is 0 Å². The van der Waals surface area contributed by atoms with Crippen LogP contribution in [-0.4, -0.2) is 34.4 Å². The van der Waals surface area contributed by atoms with Gasteiger partial charge < -0.3 is 14.9 Å². The Hall–Kier alpha value is -1.10. The number of carbonyl (C=O) groups is 2. The molecule has 0 aromatic rings. The van der Waals surface area contributed by atoms with Gasteiger partial charge in [0.15, 0.2) is 0 Å². The molecular weight excluding hydrogens is 272 g/mol. The zero-order chi connectivity index (χ0) is 15.6. The van der Waals surface area contributed by atoms with Crippen LogP contribution in [0.4, 0.5) is 0 Å². The molecule has 0 heterocycles. The normalized spacial score (nSPS) is 40.7. The molecule has 0 amide bonds. The third-order valence-electron chi connectivity index (χ3n) is 5.26. The van der Waals surface area contributed by atoms with Gasteiger partial charge in [-0.05, 0) is 50.4 Å². The maximum Gasteiger partial charge on any atom is 0.306 e. The summed E-state index contributed by atoms with van der Waals surface area (Å²) in [6, 6.07) is 0. The summed E-state index contributed by atoms with van der Waals surface area (Å²) in [4.78, 5) is 22.2. The van der Waals surface area contributed by atoms with E-state index in [0.717, 1.165) is 25.7 Å². The summed E-state index contributed by atoms with van der Waals surface area (Å²) >= 11 is 0. The molecule has 0 aromatic carbocycles. The van der Waals surface area contributed by atoms with Gasteiger partial charge in [0.05, 0.1) is 24.0 Å². The quantitative estimate of drug-likeness (QED) is 0.833. The molecule has 120 valence electrons. The van der Waals surface area contributed by atoms with Gasteiger partial charge in [0.25, 0.3) is 0 Å². The lowest BCUT2D eigenvalue weighted by molar-refractivity contribution is -0.149. The van der Waals surface area contributed by atoms with Crippen molar-refractivity contribution >= 4 is 11.9 Å².